The number of ether oxygens (including phenoxy) is 1. The fraction of sp³-hybridized carbons (Fsp3) is 0.474. The van der Waals surface area contributed by atoms with Crippen LogP contribution in [0.5, 0.6) is 5.75 Å². The Labute approximate surface area is 165 Å². The molecule has 0 radical (unpaired) electrons. The number of aromatic nitrogens is 2. The number of para-hydroxylation sites is 2. The first-order valence-electron chi connectivity index (χ1n) is 9.22. The van der Waals surface area contributed by atoms with E-state index in [4.69, 9.17) is 4.74 Å². The Morgan fingerprint density at radius 1 is 1.39 bits per heavy atom. The number of hydrogen-bond acceptors (Lipinski definition) is 6. The van der Waals surface area contributed by atoms with Gasteiger partial charge in [0, 0.05) is 37.3 Å². The number of carbonyl (C=O) groups excluding carboxylic acids is 1. The van der Waals surface area contributed by atoms with Crippen LogP contribution in [0, 0.1) is 0 Å². The Kier molecular flexibility index (Phi) is 6.35. The Bertz CT molecular complexity index is 926. The molecule has 1 atom stereocenters. The monoisotopic (exact) mass is 406 g/mol. The zero-order valence-corrected chi connectivity index (χ0v) is 17.0. The van der Waals surface area contributed by atoms with Gasteiger partial charge in [-0.2, -0.15) is 5.10 Å². The van der Waals surface area contributed by atoms with Crippen LogP contribution in [0.15, 0.2) is 36.7 Å². The van der Waals surface area contributed by atoms with Gasteiger partial charge in [0.2, 0.25) is 5.91 Å². The summed E-state index contributed by atoms with van der Waals surface area (Å²) >= 11 is 0. The summed E-state index contributed by atoms with van der Waals surface area (Å²) in [5.74, 6) is 1.08. The number of carbonyl (C=O) groups is 1. The summed E-state index contributed by atoms with van der Waals surface area (Å²) in [4.78, 5) is 14.1. The number of hydrogen-bond donors (Lipinski definition) is 1. The van der Waals surface area contributed by atoms with E-state index in [0.29, 0.717) is 25.9 Å². The standard InChI is InChI=1S/C19H26N4O4S/c1-22(16-8-10-28(25,26)14-16)9-7-19(24)20-11-15-12-21-23(13-15)17-5-3-4-6-18(17)27-2/h3-6,12-13,16H,7-11,14H2,1-2H3,(H,20,24)/t16-/m0/s1. The van der Waals surface area contributed by atoms with E-state index in [2.05, 4.69) is 10.4 Å². The van der Waals surface area contributed by atoms with Gasteiger partial charge < -0.3 is 15.0 Å². The van der Waals surface area contributed by atoms with E-state index in [1.165, 1.54) is 0 Å². The summed E-state index contributed by atoms with van der Waals surface area (Å²) in [6, 6.07) is 7.59. The van der Waals surface area contributed by atoms with Gasteiger partial charge in [0.15, 0.2) is 9.84 Å². The van der Waals surface area contributed by atoms with Gasteiger partial charge in [0.1, 0.15) is 11.4 Å². The van der Waals surface area contributed by atoms with Gasteiger partial charge in [-0.15, -0.1) is 0 Å². The van der Waals surface area contributed by atoms with E-state index in [0.717, 1.165) is 17.0 Å². The lowest BCUT2D eigenvalue weighted by atomic mass is 10.2. The van der Waals surface area contributed by atoms with Crippen molar-refractivity contribution in [2.75, 3.05) is 32.2 Å². The van der Waals surface area contributed by atoms with Crippen molar-refractivity contribution in [3.05, 3.63) is 42.2 Å². The molecule has 2 heterocycles. The van der Waals surface area contributed by atoms with Crippen molar-refractivity contribution < 1.29 is 17.9 Å². The molecule has 0 bridgehead atoms. The topological polar surface area (TPSA) is 93.5 Å². The summed E-state index contributed by atoms with van der Waals surface area (Å²) in [5.41, 5.74) is 1.71. The molecule has 28 heavy (non-hydrogen) atoms. The zero-order valence-electron chi connectivity index (χ0n) is 16.2. The molecule has 1 saturated heterocycles. The van der Waals surface area contributed by atoms with Crippen LogP contribution in [0.25, 0.3) is 5.69 Å². The fourth-order valence-electron chi connectivity index (χ4n) is 3.27. The lowest BCUT2D eigenvalue weighted by Crippen LogP contribution is -2.36. The average Bonchev–Trinajstić information content (AvgIpc) is 3.30. The number of sulfone groups is 1. The van der Waals surface area contributed by atoms with Crippen molar-refractivity contribution in [1.29, 1.82) is 0 Å². The maximum Gasteiger partial charge on any atom is 0.221 e. The van der Waals surface area contributed by atoms with Gasteiger partial charge >= 0.3 is 0 Å². The highest BCUT2D eigenvalue weighted by Gasteiger charge is 2.30. The molecule has 1 aromatic carbocycles. The minimum atomic E-state index is -2.91. The normalized spacial score (nSPS) is 18.3. The Morgan fingerprint density at radius 2 is 2.18 bits per heavy atom. The van der Waals surface area contributed by atoms with Crippen LogP contribution in [0.4, 0.5) is 0 Å². The first-order valence-corrected chi connectivity index (χ1v) is 11.0. The molecular formula is C19H26N4O4S. The smallest absolute Gasteiger partial charge is 0.221 e. The van der Waals surface area contributed by atoms with Crippen LogP contribution >= 0.6 is 0 Å². The minimum Gasteiger partial charge on any atom is -0.494 e. The maximum absolute atomic E-state index is 12.1. The average molecular weight is 407 g/mol. The third-order valence-corrected chi connectivity index (χ3v) is 6.73. The molecule has 0 spiro atoms. The third-order valence-electron chi connectivity index (χ3n) is 4.98. The highest BCUT2D eigenvalue weighted by molar-refractivity contribution is 7.91. The van der Waals surface area contributed by atoms with Crippen LogP contribution < -0.4 is 10.1 Å². The van der Waals surface area contributed by atoms with Gasteiger partial charge in [0.25, 0.3) is 0 Å². The highest BCUT2D eigenvalue weighted by atomic mass is 32.2. The molecule has 0 saturated carbocycles. The number of benzene rings is 1. The second-order valence-corrected chi connectivity index (χ2v) is 9.26. The minimum absolute atomic E-state index is 0.0110. The van der Waals surface area contributed by atoms with E-state index in [-0.39, 0.29) is 23.5 Å². The third kappa shape index (κ3) is 5.11. The van der Waals surface area contributed by atoms with Crippen molar-refractivity contribution in [2.24, 2.45) is 0 Å². The van der Waals surface area contributed by atoms with Crippen molar-refractivity contribution in [2.45, 2.75) is 25.4 Å². The molecule has 1 fully saturated rings. The number of amides is 1. The Hall–Kier alpha value is -2.39. The second-order valence-electron chi connectivity index (χ2n) is 7.03. The quantitative estimate of drug-likeness (QED) is 0.703. The molecule has 152 valence electrons. The van der Waals surface area contributed by atoms with Gasteiger partial charge in [-0.3, -0.25) is 4.79 Å². The second kappa shape index (κ2) is 8.74. The first-order chi connectivity index (χ1) is 13.4. The summed E-state index contributed by atoms with van der Waals surface area (Å²) < 4.78 is 30.2. The number of methoxy groups -OCH3 is 1. The van der Waals surface area contributed by atoms with Gasteiger partial charge in [-0.1, -0.05) is 12.1 Å². The molecule has 0 unspecified atom stereocenters. The highest BCUT2D eigenvalue weighted by Crippen LogP contribution is 2.21. The SMILES string of the molecule is COc1ccccc1-n1cc(CNC(=O)CCN(C)[C@H]2CCS(=O)(=O)C2)cn1. The molecular weight excluding hydrogens is 380 g/mol. The Balaban J connectivity index is 1.47. The Morgan fingerprint density at radius 3 is 2.89 bits per heavy atom. The van der Waals surface area contributed by atoms with Gasteiger partial charge in [0.05, 0.1) is 24.8 Å². The summed E-state index contributed by atoms with van der Waals surface area (Å²) in [6.07, 6.45) is 4.53. The van der Waals surface area contributed by atoms with Crippen LogP contribution in [0.2, 0.25) is 0 Å². The predicted molar refractivity (Wildman–Crippen MR) is 106 cm³/mol. The van der Waals surface area contributed by atoms with Crippen molar-refractivity contribution >= 4 is 15.7 Å². The number of rotatable bonds is 8. The molecule has 2 aromatic rings. The van der Waals surface area contributed by atoms with Gasteiger partial charge in [-0.05, 0) is 25.6 Å². The number of nitrogens with one attached hydrogen (secondary N) is 1. The maximum atomic E-state index is 12.1. The lowest BCUT2D eigenvalue weighted by Gasteiger charge is -2.22. The zero-order chi connectivity index (χ0) is 20.1. The summed E-state index contributed by atoms with van der Waals surface area (Å²) in [6.45, 7) is 0.919. The first kappa shape index (κ1) is 20.3. The molecule has 0 aliphatic carbocycles. The molecule has 1 aromatic heterocycles. The fourth-order valence-corrected chi connectivity index (χ4v) is 5.08. The molecule has 1 amide bonds. The molecule has 1 aliphatic heterocycles. The molecule has 1 aliphatic rings. The van der Waals surface area contributed by atoms with E-state index >= 15 is 0 Å². The van der Waals surface area contributed by atoms with Crippen molar-refractivity contribution in [3.8, 4) is 11.4 Å². The summed E-state index contributed by atoms with van der Waals surface area (Å²) in [7, 11) is 0.572. The molecule has 8 nitrogen and oxygen atoms in total. The van der Waals surface area contributed by atoms with E-state index in [1.807, 2.05) is 42.4 Å². The molecule has 9 heteroatoms. The van der Waals surface area contributed by atoms with E-state index in [1.54, 1.807) is 18.0 Å². The van der Waals surface area contributed by atoms with Crippen LogP contribution in [0.3, 0.4) is 0 Å². The number of nitrogens with zero attached hydrogens (tertiary/aromatic N) is 3. The van der Waals surface area contributed by atoms with Gasteiger partial charge in [-0.25, -0.2) is 13.1 Å². The van der Waals surface area contributed by atoms with E-state index < -0.39 is 9.84 Å². The predicted octanol–water partition coefficient (Wildman–Crippen LogP) is 1.01. The van der Waals surface area contributed by atoms with Crippen molar-refractivity contribution in [3.63, 3.8) is 0 Å². The molecule has 3 rings (SSSR count). The summed E-state index contributed by atoms with van der Waals surface area (Å²) in [5, 5.41) is 7.22. The van der Waals surface area contributed by atoms with Crippen LogP contribution in [0.1, 0.15) is 18.4 Å². The van der Waals surface area contributed by atoms with Crippen molar-refractivity contribution in [1.82, 2.24) is 20.0 Å². The van der Waals surface area contributed by atoms with Crippen LogP contribution in [-0.4, -0.2) is 67.3 Å². The van der Waals surface area contributed by atoms with E-state index in [9.17, 15) is 13.2 Å². The largest absolute Gasteiger partial charge is 0.494 e. The van der Waals surface area contributed by atoms with Crippen LogP contribution in [-0.2, 0) is 21.2 Å². The molecule has 1 N–H and O–H groups in total. The lowest BCUT2D eigenvalue weighted by molar-refractivity contribution is -0.121.